The molecule has 1 N–H and O–H groups in total. The van der Waals surface area contributed by atoms with Crippen molar-refractivity contribution in [1.82, 2.24) is 0 Å². The molecule has 4 nitrogen and oxygen atoms in total. The Morgan fingerprint density at radius 2 is 2.08 bits per heavy atom. The van der Waals surface area contributed by atoms with E-state index in [4.69, 9.17) is 19.0 Å². The zero-order valence-electron chi connectivity index (χ0n) is 6.53. The third-order valence-corrected chi connectivity index (χ3v) is 1.69. The van der Waals surface area contributed by atoms with Crippen molar-refractivity contribution in [3.8, 4) is 0 Å². The lowest BCUT2D eigenvalue weighted by molar-refractivity contribution is -0.0598. The number of furan rings is 1. The summed E-state index contributed by atoms with van der Waals surface area (Å²) in [6.07, 6.45) is -0.384. The normalized spacial score (nSPS) is 18.8. The summed E-state index contributed by atoms with van der Waals surface area (Å²) in [5.41, 5.74) is 0. The predicted octanol–water partition coefficient (Wildman–Crippen LogP) is 0.817. The molecule has 0 aromatic carbocycles. The summed E-state index contributed by atoms with van der Waals surface area (Å²) >= 11 is 0. The number of hydrogen-bond acceptors (Lipinski definition) is 4. The lowest BCUT2D eigenvalue weighted by atomic mass is 10.4. The Morgan fingerprint density at radius 3 is 2.67 bits per heavy atom. The maximum absolute atomic E-state index is 8.72. The van der Waals surface area contributed by atoms with E-state index in [2.05, 4.69) is 0 Å². The minimum atomic E-state index is -0.384. The van der Waals surface area contributed by atoms with Gasteiger partial charge in [0.25, 0.3) is 0 Å². The molecule has 0 unspecified atom stereocenters. The van der Waals surface area contributed by atoms with Gasteiger partial charge in [0.1, 0.15) is 12.4 Å². The molecule has 0 bridgehead atoms. The minimum absolute atomic E-state index is 0.0906. The van der Waals surface area contributed by atoms with Crippen molar-refractivity contribution < 1.29 is 19.0 Å². The smallest absolute Gasteiger partial charge is 0.217 e. The van der Waals surface area contributed by atoms with Crippen molar-refractivity contribution in [3.63, 3.8) is 0 Å². The van der Waals surface area contributed by atoms with Crippen LogP contribution in [0.4, 0.5) is 0 Å². The van der Waals surface area contributed by atoms with Crippen LogP contribution in [0.3, 0.4) is 0 Å². The molecule has 1 aliphatic heterocycles. The Balaban J connectivity index is 2.11. The molecular weight excluding hydrogens is 160 g/mol. The van der Waals surface area contributed by atoms with E-state index in [1.807, 2.05) is 0 Å². The van der Waals surface area contributed by atoms with Crippen LogP contribution in [-0.4, -0.2) is 18.3 Å². The highest BCUT2D eigenvalue weighted by Crippen LogP contribution is 2.24. The maximum Gasteiger partial charge on any atom is 0.217 e. The third kappa shape index (κ3) is 1.36. The first-order valence-corrected chi connectivity index (χ1v) is 3.83. The van der Waals surface area contributed by atoms with Gasteiger partial charge in [-0.3, -0.25) is 0 Å². The van der Waals surface area contributed by atoms with Gasteiger partial charge in [0.05, 0.1) is 13.2 Å². The fraction of sp³-hybridized carbons (Fsp3) is 0.500. The summed E-state index contributed by atoms with van der Waals surface area (Å²) in [4.78, 5) is 0. The molecule has 0 amide bonds. The second-order valence-electron chi connectivity index (χ2n) is 2.54. The van der Waals surface area contributed by atoms with Gasteiger partial charge < -0.3 is 19.0 Å². The minimum Gasteiger partial charge on any atom is -0.458 e. The summed E-state index contributed by atoms with van der Waals surface area (Å²) in [5, 5.41) is 8.72. The molecule has 0 aliphatic carbocycles. The van der Waals surface area contributed by atoms with Gasteiger partial charge in [-0.25, -0.2) is 0 Å². The van der Waals surface area contributed by atoms with Crippen molar-refractivity contribution in [2.75, 3.05) is 13.2 Å². The van der Waals surface area contributed by atoms with E-state index in [-0.39, 0.29) is 12.9 Å². The molecule has 0 atom stereocenters. The van der Waals surface area contributed by atoms with Crippen LogP contribution >= 0.6 is 0 Å². The van der Waals surface area contributed by atoms with Gasteiger partial charge in [-0.2, -0.15) is 0 Å². The fourth-order valence-corrected chi connectivity index (χ4v) is 1.13. The average molecular weight is 170 g/mol. The van der Waals surface area contributed by atoms with Gasteiger partial charge in [-0.15, -0.1) is 0 Å². The summed E-state index contributed by atoms with van der Waals surface area (Å²) in [7, 11) is 0. The first-order valence-electron chi connectivity index (χ1n) is 3.83. The molecule has 0 spiro atoms. The maximum atomic E-state index is 8.72. The molecule has 2 rings (SSSR count). The van der Waals surface area contributed by atoms with E-state index in [1.54, 1.807) is 12.1 Å². The Morgan fingerprint density at radius 1 is 1.33 bits per heavy atom. The van der Waals surface area contributed by atoms with Crippen molar-refractivity contribution >= 4 is 0 Å². The highest BCUT2D eigenvalue weighted by molar-refractivity contribution is 5.07. The van der Waals surface area contributed by atoms with E-state index >= 15 is 0 Å². The number of aliphatic hydroxyl groups is 1. The molecule has 0 saturated carbocycles. The Kier molecular flexibility index (Phi) is 2.12. The van der Waals surface area contributed by atoms with Gasteiger partial charge >= 0.3 is 0 Å². The average Bonchev–Trinajstić information content (AvgIpc) is 2.75. The summed E-state index contributed by atoms with van der Waals surface area (Å²) in [5.74, 6) is 1.15. The molecule has 1 aromatic rings. The van der Waals surface area contributed by atoms with Crippen LogP contribution in [0, 0.1) is 0 Å². The number of aliphatic hydroxyl groups excluding tert-OH is 1. The summed E-state index contributed by atoms with van der Waals surface area (Å²) < 4.78 is 15.6. The van der Waals surface area contributed by atoms with Crippen LogP contribution in [0.15, 0.2) is 16.5 Å². The van der Waals surface area contributed by atoms with E-state index in [0.29, 0.717) is 24.7 Å². The summed E-state index contributed by atoms with van der Waals surface area (Å²) in [6, 6.07) is 3.46. The molecule has 66 valence electrons. The van der Waals surface area contributed by atoms with Crippen molar-refractivity contribution in [2.24, 2.45) is 0 Å². The molecule has 1 aliphatic rings. The quantitative estimate of drug-likeness (QED) is 0.713. The second kappa shape index (κ2) is 3.26. The molecule has 2 heterocycles. The van der Waals surface area contributed by atoms with Crippen LogP contribution in [0.2, 0.25) is 0 Å². The summed E-state index contributed by atoms with van der Waals surface area (Å²) in [6.45, 7) is 1.10. The van der Waals surface area contributed by atoms with Crippen molar-refractivity contribution in [1.29, 1.82) is 0 Å². The predicted molar refractivity (Wildman–Crippen MR) is 39.3 cm³/mol. The first-order chi connectivity index (χ1) is 5.90. The Labute approximate surface area is 69.7 Å². The molecule has 4 heteroatoms. The topological polar surface area (TPSA) is 51.8 Å². The Hall–Kier alpha value is -0.840. The number of ether oxygens (including phenoxy) is 2. The molecule has 0 radical (unpaired) electrons. The number of rotatable bonds is 2. The van der Waals surface area contributed by atoms with Crippen LogP contribution in [0.1, 0.15) is 17.8 Å². The van der Waals surface area contributed by atoms with Gasteiger partial charge in [-0.05, 0) is 12.1 Å². The number of hydrogen-bond donors (Lipinski definition) is 1. The van der Waals surface area contributed by atoms with Crippen LogP contribution in [0.25, 0.3) is 0 Å². The molecule has 1 saturated heterocycles. The second-order valence-corrected chi connectivity index (χ2v) is 2.54. The van der Waals surface area contributed by atoms with Gasteiger partial charge in [0, 0.05) is 0 Å². The third-order valence-electron chi connectivity index (χ3n) is 1.69. The van der Waals surface area contributed by atoms with Crippen LogP contribution in [-0.2, 0) is 16.1 Å². The molecular formula is C8H10O4. The molecule has 1 aromatic heterocycles. The lowest BCUT2D eigenvalue weighted by Gasteiger charge is -2.03. The van der Waals surface area contributed by atoms with E-state index in [9.17, 15) is 0 Å². The van der Waals surface area contributed by atoms with E-state index < -0.39 is 0 Å². The van der Waals surface area contributed by atoms with Crippen molar-refractivity contribution in [3.05, 3.63) is 23.7 Å². The molecule has 1 fully saturated rings. The van der Waals surface area contributed by atoms with Crippen LogP contribution in [0.5, 0.6) is 0 Å². The Bertz CT molecular complexity index is 249. The van der Waals surface area contributed by atoms with E-state index in [0.717, 1.165) is 0 Å². The zero-order chi connectivity index (χ0) is 8.39. The van der Waals surface area contributed by atoms with Gasteiger partial charge in [0.15, 0.2) is 5.76 Å². The van der Waals surface area contributed by atoms with Crippen molar-refractivity contribution in [2.45, 2.75) is 12.9 Å². The largest absolute Gasteiger partial charge is 0.458 e. The fourth-order valence-electron chi connectivity index (χ4n) is 1.13. The van der Waals surface area contributed by atoms with Gasteiger partial charge in [-0.1, -0.05) is 0 Å². The standard InChI is InChI=1S/C8H10O4/c9-5-6-1-2-7(12-6)8-10-3-4-11-8/h1-2,8-9H,3-5H2. The highest BCUT2D eigenvalue weighted by atomic mass is 16.7. The highest BCUT2D eigenvalue weighted by Gasteiger charge is 2.21. The SMILES string of the molecule is OCc1ccc(C2OCCO2)o1. The monoisotopic (exact) mass is 170 g/mol. The van der Waals surface area contributed by atoms with Gasteiger partial charge in [0.2, 0.25) is 6.29 Å². The van der Waals surface area contributed by atoms with Crippen LogP contribution < -0.4 is 0 Å². The first kappa shape index (κ1) is 7.79. The lowest BCUT2D eigenvalue weighted by Crippen LogP contribution is -1.95. The molecule has 12 heavy (non-hydrogen) atoms. The zero-order valence-corrected chi connectivity index (χ0v) is 6.53. The van der Waals surface area contributed by atoms with E-state index in [1.165, 1.54) is 0 Å².